The van der Waals surface area contributed by atoms with Gasteiger partial charge in [0.15, 0.2) is 0 Å². The van der Waals surface area contributed by atoms with Crippen molar-refractivity contribution in [3.8, 4) is 0 Å². The second-order valence-corrected chi connectivity index (χ2v) is 6.21. The first-order valence-electron chi connectivity index (χ1n) is 8.16. The van der Waals surface area contributed by atoms with Crippen molar-refractivity contribution in [3.63, 3.8) is 0 Å². The number of carbonyl (C=O) groups is 2. The highest BCUT2D eigenvalue weighted by Crippen LogP contribution is 2.24. The molecule has 3 amide bonds. The van der Waals surface area contributed by atoms with Crippen LogP contribution in [-0.2, 0) is 4.79 Å². The lowest BCUT2D eigenvalue weighted by atomic mass is 10.1. The van der Waals surface area contributed by atoms with Gasteiger partial charge < -0.3 is 15.5 Å². The molecule has 6 heteroatoms. The van der Waals surface area contributed by atoms with Crippen molar-refractivity contribution in [3.05, 3.63) is 59.4 Å². The molecule has 1 aliphatic rings. The molecule has 3 rings (SSSR count). The topological polar surface area (TPSA) is 61.4 Å². The summed E-state index contributed by atoms with van der Waals surface area (Å²) in [5.41, 5.74) is 3.46. The lowest BCUT2D eigenvalue weighted by molar-refractivity contribution is -0.118. The molecule has 1 aliphatic heterocycles. The summed E-state index contributed by atoms with van der Waals surface area (Å²) in [6.07, 6.45) is 0.530. The van der Waals surface area contributed by atoms with Gasteiger partial charge in [0, 0.05) is 17.9 Å². The molecule has 0 spiro atoms. The van der Waals surface area contributed by atoms with Crippen LogP contribution in [0.1, 0.15) is 17.5 Å². The minimum Gasteiger partial charge on any atom is -0.326 e. The minimum absolute atomic E-state index is 0.141. The summed E-state index contributed by atoms with van der Waals surface area (Å²) in [5.74, 6) is -0.576. The number of halogens is 1. The van der Waals surface area contributed by atoms with Crippen LogP contribution in [0, 0.1) is 19.7 Å². The molecule has 2 aromatic rings. The van der Waals surface area contributed by atoms with Crippen molar-refractivity contribution in [2.45, 2.75) is 26.3 Å². The van der Waals surface area contributed by atoms with E-state index in [1.165, 1.54) is 23.8 Å². The van der Waals surface area contributed by atoms with Crippen LogP contribution in [0.5, 0.6) is 0 Å². The lowest BCUT2D eigenvalue weighted by Crippen LogP contribution is -2.43. The maximum Gasteiger partial charge on any atom is 0.319 e. The van der Waals surface area contributed by atoms with Crippen molar-refractivity contribution < 1.29 is 14.0 Å². The van der Waals surface area contributed by atoms with Gasteiger partial charge >= 0.3 is 6.03 Å². The number of hydrogen-bond donors (Lipinski definition) is 2. The Morgan fingerprint density at radius 3 is 2.68 bits per heavy atom. The van der Waals surface area contributed by atoms with Gasteiger partial charge in [-0.15, -0.1) is 0 Å². The number of benzene rings is 2. The predicted molar refractivity (Wildman–Crippen MR) is 95.2 cm³/mol. The van der Waals surface area contributed by atoms with E-state index >= 15 is 0 Å². The average molecular weight is 341 g/mol. The molecule has 0 bridgehead atoms. The lowest BCUT2D eigenvalue weighted by Gasteiger charge is -2.18. The summed E-state index contributed by atoms with van der Waals surface area (Å²) in [6.45, 7) is 4.57. The fourth-order valence-electron chi connectivity index (χ4n) is 2.86. The predicted octanol–water partition coefficient (Wildman–Crippen LogP) is 3.37. The number of amides is 3. The molecule has 130 valence electrons. The van der Waals surface area contributed by atoms with Gasteiger partial charge in [0.2, 0.25) is 5.91 Å². The van der Waals surface area contributed by atoms with Gasteiger partial charge in [0.1, 0.15) is 11.9 Å². The molecule has 5 nitrogen and oxygen atoms in total. The van der Waals surface area contributed by atoms with Gasteiger partial charge in [-0.3, -0.25) is 4.79 Å². The molecule has 0 radical (unpaired) electrons. The quantitative estimate of drug-likeness (QED) is 0.899. The Morgan fingerprint density at radius 2 is 1.96 bits per heavy atom. The number of rotatable bonds is 3. The SMILES string of the molecule is Cc1ccc(N2CC[C@H](NC(=O)Nc3cccc(F)c3)C2=O)cc1C. The molecule has 1 fully saturated rings. The van der Waals surface area contributed by atoms with Gasteiger partial charge in [-0.2, -0.15) is 0 Å². The van der Waals surface area contributed by atoms with Crippen LogP contribution in [0.4, 0.5) is 20.6 Å². The molecule has 0 aromatic heterocycles. The zero-order chi connectivity index (χ0) is 18.0. The van der Waals surface area contributed by atoms with Gasteiger partial charge in [0.25, 0.3) is 0 Å². The Labute approximate surface area is 145 Å². The molecule has 1 atom stereocenters. The number of hydrogen-bond acceptors (Lipinski definition) is 2. The van der Waals surface area contributed by atoms with E-state index in [4.69, 9.17) is 0 Å². The fourth-order valence-corrected chi connectivity index (χ4v) is 2.86. The largest absolute Gasteiger partial charge is 0.326 e. The molecule has 0 saturated carbocycles. The normalized spacial score (nSPS) is 16.8. The first kappa shape index (κ1) is 17.0. The molecular formula is C19H20FN3O2. The van der Waals surface area contributed by atoms with E-state index < -0.39 is 17.9 Å². The number of aryl methyl sites for hydroxylation is 2. The Kier molecular flexibility index (Phi) is 4.70. The van der Waals surface area contributed by atoms with Crippen LogP contribution in [0.25, 0.3) is 0 Å². The third-order valence-electron chi connectivity index (χ3n) is 4.40. The Hall–Kier alpha value is -2.89. The molecular weight excluding hydrogens is 321 g/mol. The standard InChI is InChI=1S/C19H20FN3O2/c1-12-6-7-16(10-13(12)2)23-9-8-17(18(23)24)22-19(25)21-15-5-3-4-14(20)11-15/h3-7,10-11,17H,8-9H2,1-2H3,(H2,21,22,25)/t17-/m0/s1. The van der Waals surface area contributed by atoms with Crippen molar-refractivity contribution >= 4 is 23.3 Å². The second-order valence-electron chi connectivity index (χ2n) is 6.21. The van der Waals surface area contributed by atoms with E-state index in [1.807, 2.05) is 32.0 Å². The van der Waals surface area contributed by atoms with E-state index in [2.05, 4.69) is 10.6 Å². The van der Waals surface area contributed by atoms with Crippen LogP contribution >= 0.6 is 0 Å². The number of nitrogens with one attached hydrogen (secondary N) is 2. The third-order valence-corrected chi connectivity index (χ3v) is 4.40. The number of carbonyl (C=O) groups excluding carboxylic acids is 2. The number of anilines is 2. The number of nitrogens with zero attached hydrogens (tertiary/aromatic N) is 1. The smallest absolute Gasteiger partial charge is 0.319 e. The van der Waals surface area contributed by atoms with Crippen LogP contribution in [-0.4, -0.2) is 24.5 Å². The highest BCUT2D eigenvalue weighted by Gasteiger charge is 2.33. The summed E-state index contributed by atoms with van der Waals surface area (Å²) in [5, 5.41) is 5.20. The minimum atomic E-state index is -0.588. The van der Waals surface area contributed by atoms with E-state index in [0.717, 1.165) is 11.3 Å². The van der Waals surface area contributed by atoms with Crippen molar-refractivity contribution in [1.82, 2.24) is 5.32 Å². The average Bonchev–Trinajstić information content (AvgIpc) is 2.91. The molecule has 1 saturated heterocycles. The molecule has 2 N–H and O–H groups in total. The van der Waals surface area contributed by atoms with Crippen molar-refractivity contribution in [1.29, 1.82) is 0 Å². The maximum atomic E-state index is 13.2. The molecule has 1 heterocycles. The summed E-state index contributed by atoms with van der Waals surface area (Å²) in [6, 6.07) is 10.4. The van der Waals surface area contributed by atoms with Gasteiger partial charge in [0.05, 0.1) is 0 Å². The van der Waals surface area contributed by atoms with Gasteiger partial charge in [-0.25, -0.2) is 9.18 Å². The summed E-state index contributed by atoms with van der Waals surface area (Å²) in [4.78, 5) is 26.3. The molecule has 0 aliphatic carbocycles. The summed E-state index contributed by atoms with van der Waals surface area (Å²) in [7, 11) is 0. The van der Waals surface area contributed by atoms with Gasteiger partial charge in [-0.05, 0) is 61.7 Å². The molecule has 25 heavy (non-hydrogen) atoms. The Bertz CT molecular complexity index is 822. The van der Waals surface area contributed by atoms with E-state index in [-0.39, 0.29) is 5.91 Å². The molecule has 0 unspecified atom stereocenters. The van der Waals surface area contributed by atoms with Crippen molar-refractivity contribution in [2.75, 3.05) is 16.8 Å². The van der Waals surface area contributed by atoms with Crippen LogP contribution in [0.2, 0.25) is 0 Å². The fraction of sp³-hybridized carbons (Fsp3) is 0.263. The van der Waals surface area contributed by atoms with Crippen LogP contribution < -0.4 is 15.5 Å². The summed E-state index contributed by atoms with van der Waals surface area (Å²) >= 11 is 0. The first-order chi connectivity index (χ1) is 11.9. The zero-order valence-corrected chi connectivity index (χ0v) is 14.2. The Balaban J connectivity index is 1.63. The van der Waals surface area contributed by atoms with Crippen molar-refractivity contribution in [2.24, 2.45) is 0 Å². The van der Waals surface area contributed by atoms with Crippen LogP contribution in [0.3, 0.4) is 0 Å². The highest BCUT2D eigenvalue weighted by atomic mass is 19.1. The number of urea groups is 1. The van der Waals surface area contributed by atoms with Crippen LogP contribution in [0.15, 0.2) is 42.5 Å². The second kappa shape index (κ2) is 6.93. The third kappa shape index (κ3) is 3.79. The maximum absolute atomic E-state index is 13.2. The van der Waals surface area contributed by atoms with E-state index in [9.17, 15) is 14.0 Å². The van der Waals surface area contributed by atoms with E-state index in [1.54, 1.807) is 11.0 Å². The van der Waals surface area contributed by atoms with Gasteiger partial charge in [-0.1, -0.05) is 12.1 Å². The highest BCUT2D eigenvalue weighted by molar-refractivity contribution is 6.02. The summed E-state index contributed by atoms with van der Waals surface area (Å²) < 4.78 is 13.2. The Morgan fingerprint density at radius 1 is 1.16 bits per heavy atom. The monoisotopic (exact) mass is 341 g/mol. The van der Waals surface area contributed by atoms with E-state index in [0.29, 0.717) is 18.7 Å². The zero-order valence-electron chi connectivity index (χ0n) is 14.2. The molecule has 2 aromatic carbocycles. The first-order valence-corrected chi connectivity index (χ1v) is 8.16.